The fourth-order valence-electron chi connectivity index (χ4n) is 2.16. The zero-order valence-electron chi connectivity index (χ0n) is 9.06. The molecule has 5 heteroatoms. The molecule has 0 radical (unpaired) electrons. The summed E-state index contributed by atoms with van der Waals surface area (Å²) in [5.41, 5.74) is 0. The SMILES string of the molecule is CC(CN1CCCC1)n1cnnc1CCl. The molecule has 15 heavy (non-hydrogen) atoms. The molecule has 84 valence electrons. The molecular weight excluding hydrogens is 212 g/mol. The van der Waals surface area contributed by atoms with Gasteiger partial charge in [-0.3, -0.25) is 0 Å². The number of aromatic nitrogens is 3. The third-order valence-electron chi connectivity index (χ3n) is 2.96. The molecule has 0 aromatic carbocycles. The Morgan fingerprint density at radius 1 is 1.47 bits per heavy atom. The predicted molar refractivity (Wildman–Crippen MR) is 60.0 cm³/mol. The molecule has 2 heterocycles. The van der Waals surface area contributed by atoms with E-state index >= 15 is 0 Å². The Labute approximate surface area is 95.2 Å². The molecule has 1 aromatic rings. The minimum atomic E-state index is 0.409. The first-order chi connectivity index (χ1) is 7.31. The molecule has 1 saturated heterocycles. The van der Waals surface area contributed by atoms with E-state index in [0.29, 0.717) is 11.9 Å². The molecule has 0 spiro atoms. The molecule has 0 aliphatic carbocycles. The second kappa shape index (κ2) is 4.94. The van der Waals surface area contributed by atoms with Gasteiger partial charge < -0.3 is 9.47 Å². The van der Waals surface area contributed by atoms with Crippen LogP contribution in [0.4, 0.5) is 0 Å². The molecule has 0 saturated carbocycles. The lowest BCUT2D eigenvalue weighted by Crippen LogP contribution is -2.27. The predicted octanol–water partition coefficient (Wildman–Crippen LogP) is 1.67. The van der Waals surface area contributed by atoms with E-state index in [4.69, 9.17) is 11.6 Å². The van der Waals surface area contributed by atoms with Crippen molar-refractivity contribution in [3.8, 4) is 0 Å². The van der Waals surface area contributed by atoms with Crippen LogP contribution in [0.1, 0.15) is 31.6 Å². The van der Waals surface area contributed by atoms with Crippen LogP contribution in [0.2, 0.25) is 0 Å². The van der Waals surface area contributed by atoms with E-state index in [9.17, 15) is 0 Å². The van der Waals surface area contributed by atoms with Gasteiger partial charge in [-0.05, 0) is 32.9 Å². The number of hydrogen-bond donors (Lipinski definition) is 0. The summed E-state index contributed by atoms with van der Waals surface area (Å²) in [5.74, 6) is 1.30. The summed E-state index contributed by atoms with van der Waals surface area (Å²) >= 11 is 5.80. The summed E-state index contributed by atoms with van der Waals surface area (Å²) < 4.78 is 2.07. The Morgan fingerprint density at radius 2 is 2.20 bits per heavy atom. The molecule has 1 aromatic heterocycles. The van der Waals surface area contributed by atoms with Crippen molar-refractivity contribution in [3.63, 3.8) is 0 Å². The Hall–Kier alpha value is -0.610. The highest BCUT2D eigenvalue weighted by Crippen LogP contribution is 2.15. The normalized spacial score (nSPS) is 19.6. The highest BCUT2D eigenvalue weighted by atomic mass is 35.5. The quantitative estimate of drug-likeness (QED) is 0.736. The van der Waals surface area contributed by atoms with Gasteiger partial charge in [0, 0.05) is 12.6 Å². The molecule has 1 atom stereocenters. The molecule has 1 aliphatic rings. The maximum atomic E-state index is 5.80. The molecule has 0 amide bonds. The van der Waals surface area contributed by atoms with Crippen molar-refractivity contribution in [2.75, 3.05) is 19.6 Å². The maximum absolute atomic E-state index is 5.80. The summed E-state index contributed by atoms with van der Waals surface area (Å²) in [5, 5.41) is 7.89. The largest absolute Gasteiger partial charge is 0.312 e. The van der Waals surface area contributed by atoms with Gasteiger partial charge in [-0.25, -0.2) is 0 Å². The van der Waals surface area contributed by atoms with Crippen LogP contribution >= 0.6 is 11.6 Å². The van der Waals surface area contributed by atoms with Crippen molar-refractivity contribution < 1.29 is 0 Å². The van der Waals surface area contributed by atoms with E-state index in [1.54, 1.807) is 6.33 Å². The third-order valence-corrected chi connectivity index (χ3v) is 3.20. The van der Waals surface area contributed by atoms with E-state index in [0.717, 1.165) is 12.4 Å². The maximum Gasteiger partial charge on any atom is 0.148 e. The van der Waals surface area contributed by atoms with Crippen LogP contribution in [0, 0.1) is 0 Å². The zero-order valence-corrected chi connectivity index (χ0v) is 9.82. The molecule has 4 nitrogen and oxygen atoms in total. The fourth-order valence-corrected chi connectivity index (χ4v) is 2.35. The van der Waals surface area contributed by atoms with Gasteiger partial charge >= 0.3 is 0 Å². The summed E-state index contributed by atoms with van der Waals surface area (Å²) in [6.45, 7) is 5.71. The number of hydrogen-bond acceptors (Lipinski definition) is 3. The topological polar surface area (TPSA) is 34.0 Å². The second-order valence-corrected chi connectivity index (χ2v) is 4.41. The average Bonchev–Trinajstić information content (AvgIpc) is 2.86. The van der Waals surface area contributed by atoms with Gasteiger partial charge in [0.25, 0.3) is 0 Å². The lowest BCUT2D eigenvalue weighted by atomic mass is 10.3. The minimum absolute atomic E-state index is 0.409. The van der Waals surface area contributed by atoms with Gasteiger partial charge in [-0.15, -0.1) is 21.8 Å². The molecule has 2 rings (SSSR count). The van der Waals surface area contributed by atoms with Crippen LogP contribution in [0.15, 0.2) is 6.33 Å². The first-order valence-corrected chi connectivity index (χ1v) is 6.01. The van der Waals surface area contributed by atoms with E-state index in [1.165, 1.54) is 25.9 Å². The van der Waals surface area contributed by atoms with E-state index in [2.05, 4.69) is 26.6 Å². The van der Waals surface area contributed by atoms with Gasteiger partial charge in [0.15, 0.2) is 0 Å². The van der Waals surface area contributed by atoms with Gasteiger partial charge in [0.2, 0.25) is 0 Å². The first kappa shape index (κ1) is 10.9. The van der Waals surface area contributed by atoms with Gasteiger partial charge in [0.1, 0.15) is 12.2 Å². The molecule has 0 N–H and O–H groups in total. The fraction of sp³-hybridized carbons (Fsp3) is 0.800. The molecule has 1 fully saturated rings. The lowest BCUT2D eigenvalue weighted by Gasteiger charge is -2.21. The van der Waals surface area contributed by atoms with E-state index < -0.39 is 0 Å². The Balaban J connectivity index is 1.97. The Bertz CT molecular complexity index is 306. The van der Waals surface area contributed by atoms with Crippen LogP contribution < -0.4 is 0 Å². The van der Waals surface area contributed by atoms with Crippen LogP contribution in [0.3, 0.4) is 0 Å². The summed E-state index contributed by atoms with van der Waals surface area (Å²) in [6, 6.07) is 0.409. The lowest BCUT2D eigenvalue weighted by molar-refractivity contribution is 0.285. The van der Waals surface area contributed by atoms with Crippen LogP contribution in [-0.2, 0) is 5.88 Å². The van der Waals surface area contributed by atoms with Crippen molar-refractivity contribution in [1.29, 1.82) is 0 Å². The minimum Gasteiger partial charge on any atom is -0.312 e. The van der Waals surface area contributed by atoms with Gasteiger partial charge in [-0.2, -0.15) is 0 Å². The number of halogens is 1. The van der Waals surface area contributed by atoms with Crippen LogP contribution in [-0.4, -0.2) is 39.3 Å². The van der Waals surface area contributed by atoms with Crippen molar-refractivity contribution in [2.24, 2.45) is 0 Å². The zero-order chi connectivity index (χ0) is 10.7. The van der Waals surface area contributed by atoms with E-state index in [-0.39, 0.29) is 0 Å². The molecule has 0 bridgehead atoms. The van der Waals surface area contributed by atoms with Crippen molar-refractivity contribution in [1.82, 2.24) is 19.7 Å². The Kier molecular flexibility index (Phi) is 3.59. The standard InChI is InChI=1S/C10H17ClN4/c1-9(7-14-4-2-3-5-14)15-8-12-13-10(15)6-11/h8-9H,2-7H2,1H3. The van der Waals surface area contributed by atoms with Gasteiger partial charge in [0.05, 0.1) is 5.88 Å². The van der Waals surface area contributed by atoms with Crippen LogP contribution in [0.5, 0.6) is 0 Å². The number of rotatable bonds is 4. The van der Waals surface area contributed by atoms with E-state index in [1.807, 2.05) is 0 Å². The Morgan fingerprint density at radius 3 is 2.87 bits per heavy atom. The third kappa shape index (κ3) is 2.49. The molecular formula is C10H17ClN4. The monoisotopic (exact) mass is 228 g/mol. The van der Waals surface area contributed by atoms with Crippen molar-refractivity contribution >= 4 is 11.6 Å². The summed E-state index contributed by atoms with van der Waals surface area (Å²) in [7, 11) is 0. The molecule has 1 unspecified atom stereocenters. The number of nitrogens with zero attached hydrogens (tertiary/aromatic N) is 4. The first-order valence-electron chi connectivity index (χ1n) is 5.48. The summed E-state index contributed by atoms with van der Waals surface area (Å²) in [4.78, 5) is 2.49. The number of alkyl halides is 1. The van der Waals surface area contributed by atoms with Crippen LogP contribution in [0.25, 0.3) is 0 Å². The summed E-state index contributed by atoms with van der Waals surface area (Å²) in [6.07, 6.45) is 4.44. The highest BCUT2D eigenvalue weighted by molar-refractivity contribution is 6.16. The smallest absolute Gasteiger partial charge is 0.148 e. The number of likely N-dealkylation sites (tertiary alicyclic amines) is 1. The van der Waals surface area contributed by atoms with Crippen molar-refractivity contribution in [3.05, 3.63) is 12.2 Å². The average molecular weight is 229 g/mol. The molecule has 1 aliphatic heterocycles. The second-order valence-electron chi connectivity index (χ2n) is 4.14. The van der Waals surface area contributed by atoms with Gasteiger partial charge in [-0.1, -0.05) is 0 Å². The highest BCUT2D eigenvalue weighted by Gasteiger charge is 2.17. The van der Waals surface area contributed by atoms with Crippen molar-refractivity contribution in [2.45, 2.75) is 31.7 Å².